The van der Waals surface area contributed by atoms with Crippen LogP contribution in [0.4, 0.5) is 0 Å². The van der Waals surface area contributed by atoms with Crippen molar-refractivity contribution in [3.05, 3.63) is 5.69 Å². The summed E-state index contributed by atoms with van der Waals surface area (Å²) < 4.78 is 5.53. The zero-order valence-corrected chi connectivity index (χ0v) is 12.5. The van der Waals surface area contributed by atoms with Gasteiger partial charge in [0.1, 0.15) is 4.88 Å². The Hall–Kier alpha value is -1.90. The fraction of sp³-hybridized carbons (Fsp3) is 0.667. The summed E-state index contributed by atoms with van der Waals surface area (Å²) in [5, 5.41) is 25.4. The molecular formula is C12H16N6O2S. The second-order valence-corrected chi connectivity index (χ2v) is 6.11. The second-order valence-electron chi connectivity index (χ2n) is 5.36. The van der Waals surface area contributed by atoms with E-state index in [-0.39, 0.29) is 0 Å². The Balaban J connectivity index is 1.94. The smallest absolute Gasteiger partial charge is 0.311 e. The molecular weight excluding hydrogens is 292 g/mol. The van der Waals surface area contributed by atoms with E-state index in [4.69, 9.17) is 0 Å². The monoisotopic (exact) mass is 308 g/mol. The number of hydrogen-bond acceptors (Lipinski definition) is 7. The van der Waals surface area contributed by atoms with Gasteiger partial charge in [-0.15, -0.1) is 10.2 Å². The van der Waals surface area contributed by atoms with Crippen LogP contribution < -0.4 is 0 Å². The number of rotatable bonds is 5. The first-order valence-corrected chi connectivity index (χ1v) is 7.75. The average Bonchev–Trinajstić information content (AvgIpc) is 3.18. The molecule has 0 saturated heterocycles. The Kier molecular flexibility index (Phi) is 3.66. The first-order chi connectivity index (χ1) is 10.2. The maximum atomic E-state index is 11.7. The van der Waals surface area contributed by atoms with Crippen LogP contribution in [0.1, 0.15) is 38.3 Å². The molecule has 8 nitrogen and oxygen atoms in total. The highest BCUT2D eigenvalue weighted by atomic mass is 32.1. The van der Waals surface area contributed by atoms with Crippen LogP contribution in [-0.4, -0.2) is 40.9 Å². The first-order valence-electron chi connectivity index (χ1n) is 6.97. The third kappa shape index (κ3) is 2.41. The molecule has 0 unspecified atom stereocenters. The van der Waals surface area contributed by atoms with Crippen molar-refractivity contribution in [1.82, 2.24) is 29.8 Å². The Bertz CT molecular complexity index is 646. The van der Waals surface area contributed by atoms with Crippen molar-refractivity contribution >= 4 is 17.5 Å². The predicted octanol–water partition coefficient (Wildman–Crippen LogP) is 1.40. The van der Waals surface area contributed by atoms with E-state index in [0.717, 1.165) is 29.8 Å². The van der Waals surface area contributed by atoms with Gasteiger partial charge in [0.05, 0.1) is 17.7 Å². The van der Waals surface area contributed by atoms with E-state index in [1.165, 1.54) is 11.5 Å². The summed E-state index contributed by atoms with van der Waals surface area (Å²) in [4.78, 5) is 12.5. The van der Waals surface area contributed by atoms with Crippen LogP contribution in [0.5, 0.6) is 0 Å². The molecule has 2 aromatic rings. The van der Waals surface area contributed by atoms with Crippen molar-refractivity contribution in [3.63, 3.8) is 0 Å². The van der Waals surface area contributed by atoms with Crippen LogP contribution in [0.15, 0.2) is 0 Å². The number of aromatic nitrogens is 6. The molecule has 0 bridgehead atoms. The summed E-state index contributed by atoms with van der Waals surface area (Å²) in [6.07, 6.45) is 3.95. The minimum atomic E-state index is -0.764. The third-order valence-corrected chi connectivity index (χ3v) is 4.86. The second kappa shape index (κ2) is 5.47. The van der Waals surface area contributed by atoms with E-state index in [9.17, 15) is 9.90 Å². The van der Waals surface area contributed by atoms with E-state index in [2.05, 4.69) is 25.1 Å². The Morgan fingerprint density at radius 1 is 1.38 bits per heavy atom. The van der Waals surface area contributed by atoms with Crippen molar-refractivity contribution in [3.8, 4) is 10.7 Å². The van der Waals surface area contributed by atoms with Crippen molar-refractivity contribution in [2.75, 3.05) is 0 Å². The molecule has 2 aromatic heterocycles. The number of hydrogen-bond donors (Lipinski definition) is 1. The van der Waals surface area contributed by atoms with Gasteiger partial charge in [0, 0.05) is 0 Å². The fourth-order valence-corrected chi connectivity index (χ4v) is 3.60. The van der Waals surface area contributed by atoms with E-state index in [1.54, 1.807) is 4.68 Å². The predicted molar refractivity (Wildman–Crippen MR) is 74.6 cm³/mol. The largest absolute Gasteiger partial charge is 0.481 e. The lowest BCUT2D eigenvalue weighted by Gasteiger charge is -2.23. The van der Waals surface area contributed by atoms with Gasteiger partial charge < -0.3 is 5.11 Å². The van der Waals surface area contributed by atoms with Crippen molar-refractivity contribution in [2.24, 2.45) is 5.41 Å². The normalized spacial score (nSPS) is 17.2. The molecule has 0 radical (unpaired) electrons. The van der Waals surface area contributed by atoms with Crippen molar-refractivity contribution in [2.45, 2.75) is 45.6 Å². The number of carbonyl (C=O) groups is 1. The van der Waals surface area contributed by atoms with Gasteiger partial charge >= 0.3 is 5.97 Å². The van der Waals surface area contributed by atoms with Crippen LogP contribution in [0.3, 0.4) is 0 Å². The molecule has 3 rings (SSSR count). The fourth-order valence-electron chi connectivity index (χ4n) is 2.86. The third-order valence-electron chi connectivity index (χ3n) is 4.09. The summed E-state index contributed by atoms with van der Waals surface area (Å²) in [7, 11) is 0. The molecule has 21 heavy (non-hydrogen) atoms. The zero-order valence-electron chi connectivity index (χ0n) is 11.7. The van der Waals surface area contributed by atoms with Gasteiger partial charge in [-0.05, 0) is 41.2 Å². The Labute approximate surface area is 125 Å². The van der Waals surface area contributed by atoms with Gasteiger partial charge in [-0.25, -0.2) is 4.68 Å². The molecule has 1 fully saturated rings. The maximum absolute atomic E-state index is 11.7. The number of aliphatic carboxylic acids is 1. The Morgan fingerprint density at radius 2 is 2.14 bits per heavy atom. The molecule has 2 heterocycles. The number of tetrazole rings is 1. The molecule has 9 heteroatoms. The lowest BCUT2D eigenvalue weighted by atomic mass is 9.86. The van der Waals surface area contributed by atoms with Crippen LogP contribution in [-0.2, 0) is 17.8 Å². The zero-order chi connectivity index (χ0) is 14.9. The molecule has 1 aliphatic rings. The number of carboxylic acids is 1. The van der Waals surface area contributed by atoms with E-state index < -0.39 is 11.4 Å². The minimum Gasteiger partial charge on any atom is -0.481 e. The topological polar surface area (TPSA) is 107 Å². The lowest BCUT2D eigenvalue weighted by Crippen LogP contribution is -2.33. The van der Waals surface area contributed by atoms with Gasteiger partial charge in [0.2, 0.25) is 0 Å². The molecule has 1 saturated carbocycles. The van der Waals surface area contributed by atoms with Crippen molar-refractivity contribution < 1.29 is 9.90 Å². The quantitative estimate of drug-likeness (QED) is 0.889. The van der Waals surface area contributed by atoms with Crippen LogP contribution >= 0.6 is 11.5 Å². The molecule has 112 valence electrons. The summed E-state index contributed by atoms with van der Waals surface area (Å²) >= 11 is 1.24. The van der Waals surface area contributed by atoms with E-state index in [0.29, 0.717) is 25.2 Å². The SMILES string of the molecule is CCc1nnsc1-c1nnnn1CC1(C(=O)O)CCCC1. The highest BCUT2D eigenvalue weighted by Gasteiger charge is 2.42. The number of aryl methyl sites for hydroxylation is 1. The summed E-state index contributed by atoms with van der Waals surface area (Å²) in [6, 6.07) is 0. The van der Waals surface area contributed by atoms with E-state index in [1.807, 2.05) is 6.92 Å². The molecule has 0 aromatic carbocycles. The number of nitrogens with zero attached hydrogens (tertiary/aromatic N) is 6. The van der Waals surface area contributed by atoms with Gasteiger partial charge in [0.25, 0.3) is 0 Å². The van der Waals surface area contributed by atoms with Crippen LogP contribution in [0.25, 0.3) is 10.7 Å². The molecule has 0 amide bonds. The average molecular weight is 308 g/mol. The van der Waals surface area contributed by atoms with Gasteiger partial charge in [-0.2, -0.15) is 0 Å². The molecule has 1 aliphatic carbocycles. The summed E-state index contributed by atoms with van der Waals surface area (Å²) in [6.45, 7) is 2.29. The summed E-state index contributed by atoms with van der Waals surface area (Å²) in [5.74, 6) is -0.200. The van der Waals surface area contributed by atoms with Gasteiger partial charge in [-0.3, -0.25) is 4.79 Å². The minimum absolute atomic E-state index is 0.297. The van der Waals surface area contributed by atoms with Gasteiger partial charge in [0.15, 0.2) is 5.82 Å². The first kappa shape index (κ1) is 14.1. The van der Waals surface area contributed by atoms with Crippen LogP contribution in [0, 0.1) is 5.41 Å². The molecule has 0 aliphatic heterocycles. The Morgan fingerprint density at radius 3 is 2.81 bits per heavy atom. The van der Waals surface area contributed by atoms with E-state index >= 15 is 0 Å². The van der Waals surface area contributed by atoms with Crippen molar-refractivity contribution in [1.29, 1.82) is 0 Å². The molecule has 0 spiro atoms. The number of carboxylic acid groups (broad SMARTS) is 1. The van der Waals surface area contributed by atoms with Gasteiger partial charge in [-0.1, -0.05) is 24.3 Å². The molecule has 1 N–H and O–H groups in total. The lowest BCUT2D eigenvalue weighted by molar-refractivity contribution is -0.149. The maximum Gasteiger partial charge on any atom is 0.311 e. The highest BCUT2D eigenvalue weighted by Crippen LogP contribution is 2.40. The molecule has 0 atom stereocenters. The highest BCUT2D eigenvalue weighted by molar-refractivity contribution is 7.09. The van der Waals surface area contributed by atoms with Crippen LogP contribution in [0.2, 0.25) is 0 Å². The summed E-state index contributed by atoms with van der Waals surface area (Å²) in [5.41, 5.74) is 0.0843. The standard InChI is InChI=1S/C12H16N6O2S/c1-2-8-9(21-17-13-8)10-14-15-16-18(10)7-12(11(19)20)5-3-4-6-12/h2-7H2,1H3,(H,19,20).